The zero-order chi connectivity index (χ0) is 18.9. The smallest absolute Gasteiger partial charge is 0.217 e. The maximum Gasteiger partial charge on any atom is 0.217 e. The maximum atomic E-state index is 11.4. The number of nitrogens with one attached hydrogen (secondary N) is 1. The summed E-state index contributed by atoms with van der Waals surface area (Å²) in [5, 5.41) is 42.8. The normalized spacial score (nSPS) is 48.2. The number of ether oxygens (including phenoxy) is 2. The minimum atomic E-state index is -1.41. The molecule has 0 spiro atoms. The fourth-order valence-corrected chi connectivity index (χ4v) is 3.25. The predicted octanol–water partition coefficient (Wildman–Crippen LogP) is -4.94. The zero-order valence-corrected chi connectivity index (χ0v) is 13.9. The van der Waals surface area contributed by atoms with Crippen LogP contribution in [0.2, 0.25) is 0 Å². The molecule has 10 atom stereocenters. The number of nitrogens with two attached hydrogens (primary N) is 3. The molecule has 2 aliphatic rings. The van der Waals surface area contributed by atoms with Gasteiger partial charge >= 0.3 is 0 Å². The lowest BCUT2D eigenvalue weighted by Gasteiger charge is -2.46. The Kier molecular flexibility index (Phi) is 6.70. The lowest BCUT2D eigenvalue weighted by molar-refractivity contribution is -0.288. The van der Waals surface area contributed by atoms with Gasteiger partial charge < -0.3 is 52.4 Å². The van der Waals surface area contributed by atoms with Gasteiger partial charge in [0.05, 0.1) is 18.2 Å². The third-order valence-electron chi connectivity index (χ3n) is 4.71. The van der Waals surface area contributed by atoms with Crippen LogP contribution < -0.4 is 22.5 Å². The highest BCUT2D eigenvalue weighted by Crippen LogP contribution is 2.27. The molecule has 2 rings (SSSR count). The third-order valence-corrected chi connectivity index (χ3v) is 4.71. The molecule has 25 heavy (non-hydrogen) atoms. The average molecular weight is 364 g/mol. The van der Waals surface area contributed by atoms with Crippen LogP contribution in [0.1, 0.15) is 13.3 Å². The van der Waals surface area contributed by atoms with E-state index in [4.69, 9.17) is 26.7 Å². The first-order valence-electron chi connectivity index (χ1n) is 8.18. The number of rotatable bonds is 4. The molecule has 1 saturated heterocycles. The fourth-order valence-electron chi connectivity index (χ4n) is 3.25. The standard InChI is InChI=1S/C14H28N4O7/c1-4(19)18-6-2-5(16)9(20)12(23)13(6)25-14-8(17)11(22)10(21)7(3-15)24-14/h5-14,20-23H,2-3,15-17H2,1H3,(H,18,19). The van der Waals surface area contributed by atoms with Crippen LogP contribution in [0.5, 0.6) is 0 Å². The van der Waals surface area contributed by atoms with E-state index in [9.17, 15) is 25.2 Å². The number of hydrogen-bond donors (Lipinski definition) is 8. The molecule has 1 aliphatic heterocycles. The van der Waals surface area contributed by atoms with Gasteiger partial charge in [0.1, 0.15) is 30.5 Å². The van der Waals surface area contributed by atoms with Crippen molar-refractivity contribution in [2.24, 2.45) is 17.2 Å². The molecule has 2 fully saturated rings. The first-order valence-corrected chi connectivity index (χ1v) is 8.18. The Bertz CT molecular complexity index is 468. The summed E-state index contributed by atoms with van der Waals surface area (Å²) in [5.74, 6) is -0.362. The molecule has 0 aromatic carbocycles. The molecule has 0 radical (unpaired) electrons. The van der Waals surface area contributed by atoms with Crippen molar-refractivity contribution >= 4 is 5.91 Å². The molecular formula is C14H28N4O7. The van der Waals surface area contributed by atoms with Gasteiger partial charge in [0.15, 0.2) is 6.29 Å². The van der Waals surface area contributed by atoms with E-state index in [-0.39, 0.29) is 18.9 Å². The van der Waals surface area contributed by atoms with Crippen LogP contribution in [0.15, 0.2) is 0 Å². The van der Waals surface area contributed by atoms with Crippen LogP contribution in [-0.4, -0.2) is 93.9 Å². The maximum absolute atomic E-state index is 11.4. The van der Waals surface area contributed by atoms with Crippen LogP contribution in [-0.2, 0) is 14.3 Å². The molecule has 1 amide bonds. The van der Waals surface area contributed by atoms with E-state index in [0.717, 1.165) is 0 Å². The van der Waals surface area contributed by atoms with Crippen LogP contribution >= 0.6 is 0 Å². The second-order valence-electron chi connectivity index (χ2n) is 6.63. The number of carbonyl (C=O) groups excluding carboxylic acids is 1. The topological polar surface area (TPSA) is 207 Å². The lowest BCUT2D eigenvalue weighted by atomic mass is 9.84. The Labute approximate surface area is 145 Å². The molecular weight excluding hydrogens is 336 g/mol. The fraction of sp³-hybridized carbons (Fsp3) is 0.929. The first kappa shape index (κ1) is 20.4. The van der Waals surface area contributed by atoms with Crippen molar-refractivity contribution in [1.82, 2.24) is 5.32 Å². The molecule has 1 saturated carbocycles. The van der Waals surface area contributed by atoms with Gasteiger partial charge in [-0.3, -0.25) is 4.79 Å². The Morgan fingerprint density at radius 2 is 1.80 bits per heavy atom. The number of aliphatic hydroxyl groups is 4. The van der Waals surface area contributed by atoms with Crippen LogP contribution in [0.4, 0.5) is 0 Å². The van der Waals surface area contributed by atoms with Gasteiger partial charge in [-0.15, -0.1) is 0 Å². The van der Waals surface area contributed by atoms with Crippen molar-refractivity contribution in [3.05, 3.63) is 0 Å². The highest BCUT2D eigenvalue weighted by Gasteiger charge is 2.48. The van der Waals surface area contributed by atoms with E-state index < -0.39 is 61.0 Å². The van der Waals surface area contributed by atoms with Crippen molar-refractivity contribution in [3.63, 3.8) is 0 Å². The highest BCUT2D eigenvalue weighted by atomic mass is 16.7. The van der Waals surface area contributed by atoms with Gasteiger partial charge in [-0.1, -0.05) is 0 Å². The number of aliphatic hydroxyl groups excluding tert-OH is 4. The monoisotopic (exact) mass is 364 g/mol. The second-order valence-corrected chi connectivity index (χ2v) is 6.63. The molecule has 11 nitrogen and oxygen atoms in total. The summed E-state index contributed by atoms with van der Waals surface area (Å²) >= 11 is 0. The van der Waals surface area contributed by atoms with Gasteiger partial charge in [-0.2, -0.15) is 0 Å². The van der Waals surface area contributed by atoms with E-state index >= 15 is 0 Å². The minimum Gasteiger partial charge on any atom is -0.389 e. The molecule has 0 aromatic rings. The third kappa shape index (κ3) is 4.27. The summed E-state index contributed by atoms with van der Waals surface area (Å²) in [6, 6.07) is -2.56. The Morgan fingerprint density at radius 3 is 2.36 bits per heavy atom. The van der Waals surface area contributed by atoms with E-state index in [2.05, 4.69) is 5.32 Å². The zero-order valence-electron chi connectivity index (χ0n) is 13.9. The molecule has 1 aliphatic carbocycles. The van der Waals surface area contributed by atoms with Crippen LogP contribution in [0, 0.1) is 0 Å². The van der Waals surface area contributed by atoms with Gasteiger partial charge in [0, 0.05) is 19.5 Å². The largest absolute Gasteiger partial charge is 0.389 e. The molecule has 11 N–H and O–H groups in total. The van der Waals surface area contributed by atoms with E-state index in [1.165, 1.54) is 6.92 Å². The molecule has 146 valence electrons. The predicted molar refractivity (Wildman–Crippen MR) is 84.8 cm³/mol. The molecule has 0 bridgehead atoms. The lowest BCUT2D eigenvalue weighted by Crippen LogP contribution is -2.68. The summed E-state index contributed by atoms with van der Waals surface area (Å²) in [4.78, 5) is 11.4. The van der Waals surface area contributed by atoms with Gasteiger partial charge in [-0.25, -0.2) is 0 Å². The molecule has 0 aromatic heterocycles. The van der Waals surface area contributed by atoms with Crippen molar-refractivity contribution in [3.8, 4) is 0 Å². The van der Waals surface area contributed by atoms with Crippen LogP contribution in [0.25, 0.3) is 0 Å². The summed E-state index contributed by atoms with van der Waals surface area (Å²) in [7, 11) is 0. The molecule has 10 unspecified atom stereocenters. The number of carbonyl (C=O) groups is 1. The van der Waals surface area contributed by atoms with Crippen molar-refractivity contribution in [2.75, 3.05) is 6.54 Å². The number of amides is 1. The first-order chi connectivity index (χ1) is 11.7. The highest BCUT2D eigenvalue weighted by molar-refractivity contribution is 5.73. The SMILES string of the molecule is CC(=O)NC1CC(N)C(O)C(O)C1OC1OC(CN)C(O)C(O)C1N. The molecule has 1 heterocycles. The summed E-state index contributed by atoms with van der Waals surface area (Å²) in [6.45, 7) is 1.22. The van der Waals surface area contributed by atoms with Crippen LogP contribution in [0.3, 0.4) is 0 Å². The van der Waals surface area contributed by atoms with E-state index in [1.54, 1.807) is 0 Å². The van der Waals surface area contributed by atoms with Crippen molar-refractivity contribution in [2.45, 2.75) is 74.4 Å². The molecule has 11 heteroatoms. The second kappa shape index (κ2) is 8.20. The van der Waals surface area contributed by atoms with Crippen molar-refractivity contribution in [1.29, 1.82) is 0 Å². The average Bonchev–Trinajstić information content (AvgIpc) is 2.55. The van der Waals surface area contributed by atoms with Gasteiger partial charge in [0.25, 0.3) is 0 Å². The Hall–Kier alpha value is -0.890. The quantitative estimate of drug-likeness (QED) is 0.238. The van der Waals surface area contributed by atoms with Crippen molar-refractivity contribution < 1.29 is 34.7 Å². The van der Waals surface area contributed by atoms with Gasteiger partial charge in [0.2, 0.25) is 5.91 Å². The summed E-state index contributed by atoms with van der Waals surface area (Å²) in [5.41, 5.74) is 17.1. The Morgan fingerprint density at radius 1 is 1.16 bits per heavy atom. The van der Waals surface area contributed by atoms with Gasteiger partial charge in [-0.05, 0) is 6.42 Å². The van der Waals surface area contributed by atoms with E-state index in [1.807, 2.05) is 0 Å². The summed E-state index contributed by atoms with van der Waals surface area (Å²) < 4.78 is 11.2. The summed E-state index contributed by atoms with van der Waals surface area (Å²) in [6.07, 6.45) is -8.32. The number of hydrogen-bond acceptors (Lipinski definition) is 10. The minimum absolute atomic E-state index is 0.0827. The van der Waals surface area contributed by atoms with E-state index in [0.29, 0.717) is 0 Å². The Balaban J connectivity index is 2.17.